The van der Waals surface area contributed by atoms with Gasteiger partial charge >= 0.3 is 0 Å². The number of benzene rings is 2. The van der Waals surface area contributed by atoms with Crippen LogP contribution in [0.3, 0.4) is 0 Å². The van der Waals surface area contributed by atoms with Gasteiger partial charge in [0.05, 0.1) is 32.9 Å². The van der Waals surface area contributed by atoms with E-state index in [0.29, 0.717) is 10.9 Å². The predicted molar refractivity (Wildman–Crippen MR) is 110 cm³/mol. The van der Waals surface area contributed by atoms with Gasteiger partial charge in [-0.25, -0.2) is 9.67 Å². The number of aromatic nitrogens is 3. The number of para-hydroxylation sites is 1. The molecule has 6 heteroatoms. The molecular weight excluding hydrogens is 352 g/mol. The summed E-state index contributed by atoms with van der Waals surface area (Å²) in [5.74, 6) is 0. The summed E-state index contributed by atoms with van der Waals surface area (Å²) in [5.41, 5.74) is 5.41. The highest BCUT2D eigenvalue weighted by atomic mass is 16.6. The van der Waals surface area contributed by atoms with E-state index in [1.54, 1.807) is 24.3 Å². The largest absolute Gasteiger partial charge is 0.278 e. The van der Waals surface area contributed by atoms with E-state index in [1.807, 2.05) is 61.0 Å². The monoisotopic (exact) mass is 370 g/mol. The van der Waals surface area contributed by atoms with Gasteiger partial charge in [-0.3, -0.25) is 10.1 Å². The van der Waals surface area contributed by atoms with E-state index >= 15 is 0 Å². The lowest BCUT2D eigenvalue weighted by molar-refractivity contribution is -0.383. The van der Waals surface area contributed by atoms with Crippen LogP contribution < -0.4 is 0 Å². The van der Waals surface area contributed by atoms with Crippen molar-refractivity contribution in [1.29, 1.82) is 0 Å². The molecule has 0 unspecified atom stereocenters. The number of hydrogen-bond donors (Lipinski definition) is 0. The minimum Gasteiger partial charge on any atom is -0.258 e. The lowest BCUT2D eigenvalue weighted by Crippen LogP contribution is -1.98. The SMILES string of the molecule is Cc1nn(-c2ccccc2)c(C)c1/C=C/c1ccc2c([N+](=O)[O-])cccc2n1. The van der Waals surface area contributed by atoms with Gasteiger partial charge in [0.2, 0.25) is 0 Å². The van der Waals surface area contributed by atoms with Crippen molar-refractivity contribution in [2.24, 2.45) is 0 Å². The van der Waals surface area contributed by atoms with E-state index in [-0.39, 0.29) is 10.6 Å². The number of non-ortho nitro benzene ring substituents is 1. The fourth-order valence-corrected chi connectivity index (χ4v) is 3.29. The fraction of sp³-hybridized carbons (Fsp3) is 0.0909. The Labute approximate surface area is 161 Å². The summed E-state index contributed by atoms with van der Waals surface area (Å²) in [6, 6.07) is 18.4. The second-order valence-corrected chi connectivity index (χ2v) is 6.50. The van der Waals surface area contributed by atoms with Gasteiger partial charge in [0.15, 0.2) is 0 Å². The van der Waals surface area contributed by atoms with Crippen molar-refractivity contribution in [1.82, 2.24) is 14.8 Å². The number of aryl methyl sites for hydroxylation is 1. The Morgan fingerprint density at radius 2 is 1.75 bits per heavy atom. The van der Waals surface area contributed by atoms with Gasteiger partial charge in [-0.2, -0.15) is 5.10 Å². The first kappa shape index (κ1) is 17.6. The second-order valence-electron chi connectivity index (χ2n) is 6.50. The zero-order chi connectivity index (χ0) is 19.7. The first-order valence-corrected chi connectivity index (χ1v) is 8.88. The van der Waals surface area contributed by atoms with Gasteiger partial charge < -0.3 is 0 Å². The molecule has 0 aliphatic rings. The molecule has 4 rings (SSSR count). The first-order chi connectivity index (χ1) is 13.5. The predicted octanol–water partition coefficient (Wildman–Crippen LogP) is 5.12. The molecule has 2 heterocycles. The van der Waals surface area contributed by atoms with Gasteiger partial charge in [0, 0.05) is 17.3 Å². The van der Waals surface area contributed by atoms with Crippen molar-refractivity contribution in [3.63, 3.8) is 0 Å². The molecule has 138 valence electrons. The maximum atomic E-state index is 11.2. The summed E-state index contributed by atoms with van der Waals surface area (Å²) >= 11 is 0. The average molecular weight is 370 g/mol. The van der Waals surface area contributed by atoms with Gasteiger partial charge in [0.25, 0.3) is 5.69 Å². The third kappa shape index (κ3) is 3.16. The number of nitro groups is 1. The Morgan fingerprint density at radius 3 is 2.50 bits per heavy atom. The molecule has 2 aromatic carbocycles. The maximum Gasteiger partial charge on any atom is 0.278 e. The number of rotatable bonds is 4. The smallest absolute Gasteiger partial charge is 0.258 e. The molecule has 6 nitrogen and oxygen atoms in total. The summed E-state index contributed by atoms with van der Waals surface area (Å²) in [5, 5.41) is 16.3. The highest BCUT2D eigenvalue weighted by Gasteiger charge is 2.12. The minimum absolute atomic E-state index is 0.0661. The molecule has 0 amide bonds. The van der Waals surface area contributed by atoms with Crippen molar-refractivity contribution >= 4 is 28.7 Å². The molecule has 2 aromatic heterocycles. The van der Waals surface area contributed by atoms with Crippen LogP contribution >= 0.6 is 0 Å². The van der Waals surface area contributed by atoms with Crippen molar-refractivity contribution in [3.05, 3.63) is 93.4 Å². The van der Waals surface area contributed by atoms with E-state index < -0.39 is 0 Å². The fourth-order valence-electron chi connectivity index (χ4n) is 3.29. The van der Waals surface area contributed by atoms with Crippen LogP contribution in [-0.2, 0) is 0 Å². The van der Waals surface area contributed by atoms with Crippen molar-refractivity contribution < 1.29 is 4.92 Å². The molecule has 0 saturated heterocycles. The van der Waals surface area contributed by atoms with Crippen LogP contribution in [0.25, 0.3) is 28.7 Å². The Kier molecular flexibility index (Phi) is 4.45. The number of nitro benzene ring substituents is 1. The molecule has 0 radical (unpaired) electrons. The first-order valence-electron chi connectivity index (χ1n) is 8.88. The van der Waals surface area contributed by atoms with E-state index in [2.05, 4.69) is 10.1 Å². The standard InChI is InChI=1S/C22H18N4O2/c1-15-19(16(2)25(24-15)18-7-4-3-5-8-18)13-11-17-12-14-20-21(23-17)9-6-10-22(20)26(27)28/h3-14H,1-2H3/b13-11+. The summed E-state index contributed by atoms with van der Waals surface area (Å²) in [6.07, 6.45) is 3.90. The van der Waals surface area contributed by atoms with E-state index in [4.69, 9.17) is 0 Å². The molecule has 0 atom stereocenters. The Hall–Kier alpha value is -3.80. The Morgan fingerprint density at radius 1 is 0.964 bits per heavy atom. The third-order valence-corrected chi connectivity index (χ3v) is 4.70. The van der Waals surface area contributed by atoms with Crippen LogP contribution in [-0.4, -0.2) is 19.7 Å². The third-order valence-electron chi connectivity index (χ3n) is 4.70. The van der Waals surface area contributed by atoms with Crippen molar-refractivity contribution in [3.8, 4) is 5.69 Å². The molecule has 0 fully saturated rings. The quantitative estimate of drug-likeness (QED) is 0.369. The summed E-state index contributed by atoms with van der Waals surface area (Å²) < 4.78 is 1.92. The Balaban J connectivity index is 1.70. The minimum atomic E-state index is -0.385. The molecule has 0 spiro atoms. The molecule has 4 aromatic rings. The van der Waals surface area contributed by atoms with Crippen LogP contribution in [0.4, 0.5) is 5.69 Å². The molecule has 0 bridgehead atoms. The highest BCUT2D eigenvalue weighted by molar-refractivity contribution is 5.89. The highest BCUT2D eigenvalue weighted by Crippen LogP contribution is 2.25. The molecule has 28 heavy (non-hydrogen) atoms. The number of pyridine rings is 1. The average Bonchev–Trinajstić information content (AvgIpc) is 3.00. The van der Waals surface area contributed by atoms with Crippen LogP contribution in [0.1, 0.15) is 22.6 Å². The number of nitrogens with zero attached hydrogens (tertiary/aromatic N) is 4. The van der Waals surface area contributed by atoms with Crippen molar-refractivity contribution in [2.45, 2.75) is 13.8 Å². The number of hydrogen-bond acceptors (Lipinski definition) is 4. The second kappa shape index (κ2) is 7.08. The van der Waals surface area contributed by atoms with Crippen LogP contribution in [0.5, 0.6) is 0 Å². The molecule has 0 aliphatic heterocycles. The Bertz CT molecular complexity index is 1210. The van der Waals surface area contributed by atoms with E-state index in [1.165, 1.54) is 6.07 Å². The van der Waals surface area contributed by atoms with Gasteiger partial charge in [-0.1, -0.05) is 24.3 Å². The van der Waals surface area contributed by atoms with Crippen LogP contribution in [0.2, 0.25) is 0 Å². The van der Waals surface area contributed by atoms with E-state index in [9.17, 15) is 10.1 Å². The molecule has 0 aliphatic carbocycles. The van der Waals surface area contributed by atoms with Gasteiger partial charge in [0.1, 0.15) is 0 Å². The zero-order valence-corrected chi connectivity index (χ0v) is 15.5. The van der Waals surface area contributed by atoms with Gasteiger partial charge in [-0.05, 0) is 56.3 Å². The van der Waals surface area contributed by atoms with Crippen molar-refractivity contribution in [2.75, 3.05) is 0 Å². The maximum absolute atomic E-state index is 11.2. The van der Waals surface area contributed by atoms with Crippen LogP contribution in [0, 0.1) is 24.0 Å². The lowest BCUT2D eigenvalue weighted by Gasteiger charge is -2.03. The number of fused-ring (bicyclic) bond motifs is 1. The molecule has 0 N–H and O–H groups in total. The summed E-state index contributed by atoms with van der Waals surface area (Å²) in [6.45, 7) is 4.01. The van der Waals surface area contributed by atoms with E-state index in [0.717, 1.165) is 28.3 Å². The topological polar surface area (TPSA) is 73.8 Å². The van der Waals surface area contributed by atoms with Crippen LogP contribution in [0.15, 0.2) is 60.7 Å². The molecular formula is C22H18N4O2. The van der Waals surface area contributed by atoms with Gasteiger partial charge in [-0.15, -0.1) is 0 Å². The molecule has 0 saturated carbocycles. The zero-order valence-electron chi connectivity index (χ0n) is 15.5. The lowest BCUT2D eigenvalue weighted by atomic mass is 10.1. The summed E-state index contributed by atoms with van der Waals surface area (Å²) in [7, 11) is 0. The normalized spacial score (nSPS) is 11.4. The summed E-state index contributed by atoms with van der Waals surface area (Å²) in [4.78, 5) is 15.3.